The largest absolute Gasteiger partial charge is 0.390 e. The predicted molar refractivity (Wildman–Crippen MR) is 178 cm³/mol. The van der Waals surface area contributed by atoms with Crippen LogP contribution in [0.5, 0.6) is 0 Å². The number of amides is 2. The molecule has 8 fully saturated rings. The summed E-state index contributed by atoms with van der Waals surface area (Å²) in [4.78, 5) is 26.9. The number of carbonyl (C=O) groups is 2. The van der Waals surface area contributed by atoms with E-state index in [4.69, 9.17) is 14.2 Å². The van der Waals surface area contributed by atoms with E-state index in [1.807, 2.05) is 4.90 Å². The molecule has 8 heteroatoms. The molecule has 264 valence electrons. The maximum atomic E-state index is 12.9. The van der Waals surface area contributed by atoms with Crippen molar-refractivity contribution >= 4 is 11.8 Å². The normalized spacial score (nSPS) is 51.1. The van der Waals surface area contributed by atoms with Gasteiger partial charge in [-0.1, -0.05) is 34.6 Å². The Bertz CT molecular complexity index is 1270. The standard InChI is InChI=1S/C39H62N2O6/c1-23-19-25(9-12-29(42)40-6)46-33-32(23)36(4)15-16-39-22-38(39)14-13-28(35(2,3)26(38)10-11-27(39)37(36,5)34(33)44)47-31-21-41(17-18-45-31)30(43)20-24-7-8-24/h23-28,31-34,44H,7-22H2,1-6H3,(H,40,42)/t23-,25?,26?,27?,28?,31?,32?,33?,34+,36?,37?,38?,39?/m1/s1. The Morgan fingerprint density at radius 3 is 2.49 bits per heavy atom. The fraction of sp³-hybridized carbons (Fsp3) is 0.949. The van der Waals surface area contributed by atoms with Crippen LogP contribution in [0.3, 0.4) is 0 Å². The lowest BCUT2D eigenvalue weighted by molar-refractivity contribution is -0.248. The summed E-state index contributed by atoms with van der Waals surface area (Å²) in [5.74, 6) is 2.87. The number of hydrogen-bond acceptors (Lipinski definition) is 6. The van der Waals surface area contributed by atoms with Crippen molar-refractivity contribution in [2.75, 3.05) is 26.7 Å². The second-order valence-corrected chi connectivity index (χ2v) is 18.8. The lowest BCUT2D eigenvalue weighted by Crippen LogP contribution is -2.60. The molecule has 2 spiro atoms. The summed E-state index contributed by atoms with van der Waals surface area (Å²) in [6.07, 6.45) is 12.8. The van der Waals surface area contributed by atoms with Gasteiger partial charge in [0.05, 0.1) is 37.6 Å². The summed E-state index contributed by atoms with van der Waals surface area (Å²) in [7, 11) is 1.70. The molecule has 6 aliphatic carbocycles. The first-order chi connectivity index (χ1) is 22.3. The van der Waals surface area contributed by atoms with E-state index >= 15 is 0 Å². The maximum absolute atomic E-state index is 12.9. The third kappa shape index (κ3) is 4.65. The Kier molecular flexibility index (Phi) is 7.81. The number of aliphatic hydroxyl groups is 1. The zero-order valence-electron chi connectivity index (χ0n) is 30.0. The Hall–Kier alpha value is -1.22. The molecule has 2 N–H and O–H groups in total. The van der Waals surface area contributed by atoms with Crippen LogP contribution in [0, 0.1) is 56.7 Å². The van der Waals surface area contributed by atoms with Crippen LogP contribution in [0.4, 0.5) is 0 Å². The first-order valence-corrected chi connectivity index (χ1v) is 19.4. The van der Waals surface area contributed by atoms with Crippen LogP contribution in [-0.2, 0) is 23.8 Å². The van der Waals surface area contributed by atoms with Crippen LogP contribution >= 0.6 is 0 Å². The molecule has 6 saturated carbocycles. The number of morpholine rings is 1. The molecule has 0 radical (unpaired) electrons. The van der Waals surface area contributed by atoms with Crippen molar-refractivity contribution in [2.45, 2.75) is 149 Å². The quantitative estimate of drug-likeness (QED) is 0.366. The first kappa shape index (κ1) is 33.0. The van der Waals surface area contributed by atoms with Crippen molar-refractivity contribution in [1.29, 1.82) is 0 Å². The molecule has 47 heavy (non-hydrogen) atoms. The minimum atomic E-state index is -0.471. The fourth-order valence-electron chi connectivity index (χ4n) is 14.0. The van der Waals surface area contributed by atoms with E-state index in [-0.39, 0.29) is 52.7 Å². The molecule has 2 amide bonds. The van der Waals surface area contributed by atoms with E-state index in [2.05, 4.69) is 39.9 Å². The maximum Gasteiger partial charge on any atom is 0.223 e. The number of ether oxygens (including phenoxy) is 3. The van der Waals surface area contributed by atoms with Crippen LogP contribution in [0.2, 0.25) is 0 Å². The van der Waals surface area contributed by atoms with Crippen molar-refractivity contribution < 1.29 is 28.9 Å². The van der Waals surface area contributed by atoms with Crippen molar-refractivity contribution in [3.8, 4) is 0 Å². The van der Waals surface area contributed by atoms with Gasteiger partial charge in [0.2, 0.25) is 11.8 Å². The van der Waals surface area contributed by atoms with Crippen molar-refractivity contribution in [3.05, 3.63) is 0 Å². The molecular weight excluding hydrogens is 592 g/mol. The van der Waals surface area contributed by atoms with Crippen molar-refractivity contribution in [3.63, 3.8) is 0 Å². The van der Waals surface area contributed by atoms with Gasteiger partial charge < -0.3 is 29.5 Å². The molecule has 8 rings (SSSR count). The van der Waals surface area contributed by atoms with Gasteiger partial charge in [0.15, 0.2) is 6.29 Å². The smallest absolute Gasteiger partial charge is 0.223 e. The van der Waals surface area contributed by atoms with E-state index < -0.39 is 6.10 Å². The molecule has 0 bridgehead atoms. The Morgan fingerprint density at radius 1 is 1.00 bits per heavy atom. The topological polar surface area (TPSA) is 97.3 Å². The van der Waals surface area contributed by atoms with Gasteiger partial charge in [-0.15, -0.1) is 0 Å². The molecule has 13 atom stereocenters. The van der Waals surface area contributed by atoms with E-state index in [0.717, 1.165) is 19.3 Å². The zero-order valence-corrected chi connectivity index (χ0v) is 30.0. The molecule has 8 nitrogen and oxygen atoms in total. The highest BCUT2D eigenvalue weighted by Gasteiger charge is 2.84. The van der Waals surface area contributed by atoms with Gasteiger partial charge in [-0.05, 0) is 122 Å². The SMILES string of the molecule is CNC(=O)CCC1C[C@@H](C)C2C(O1)[C@H](O)C1(C)C3CCC4C(C)(C)C(OC5CN(C(=O)CC6CC6)CCO5)CCC45CC35CCC21C. The summed E-state index contributed by atoms with van der Waals surface area (Å²) < 4.78 is 19.8. The molecule has 0 aromatic heterocycles. The first-order valence-electron chi connectivity index (χ1n) is 19.4. The molecule has 0 aromatic carbocycles. The number of hydrogen-bond donors (Lipinski definition) is 2. The Labute approximate surface area is 282 Å². The van der Waals surface area contributed by atoms with Crippen LogP contribution in [0.15, 0.2) is 0 Å². The summed E-state index contributed by atoms with van der Waals surface area (Å²) in [5.41, 5.74) is 0.528. The van der Waals surface area contributed by atoms with Crippen LogP contribution in [0.1, 0.15) is 118 Å². The number of carbonyl (C=O) groups excluding carboxylic acids is 2. The predicted octanol–water partition coefficient (Wildman–Crippen LogP) is 5.70. The van der Waals surface area contributed by atoms with Gasteiger partial charge in [0, 0.05) is 31.8 Å². The summed E-state index contributed by atoms with van der Waals surface area (Å²) in [6.45, 7) is 14.1. The lowest BCUT2D eigenvalue weighted by atomic mass is 9.41. The minimum absolute atomic E-state index is 0.0238. The van der Waals surface area contributed by atoms with E-state index in [1.165, 1.54) is 51.4 Å². The molecule has 2 heterocycles. The van der Waals surface area contributed by atoms with Crippen LogP contribution < -0.4 is 5.32 Å². The van der Waals surface area contributed by atoms with E-state index in [9.17, 15) is 14.7 Å². The van der Waals surface area contributed by atoms with Gasteiger partial charge in [-0.25, -0.2) is 0 Å². The number of rotatable bonds is 7. The van der Waals surface area contributed by atoms with Gasteiger partial charge in [0.1, 0.15) is 0 Å². The highest BCUT2D eigenvalue weighted by molar-refractivity contribution is 5.77. The second kappa shape index (κ2) is 11.1. The zero-order chi connectivity index (χ0) is 33.1. The summed E-state index contributed by atoms with van der Waals surface area (Å²) in [5, 5.41) is 15.2. The van der Waals surface area contributed by atoms with Crippen molar-refractivity contribution in [2.24, 2.45) is 56.7 Å². The number of nitrogens with zero attached hydrogens (tertiary/aromatic N) is 1. The number of nitrogens with one attached hydrogen (secondary N) is 1. The van der Waals surface area contributed by atoms with Gasteiger partial charge >= 0.3 is 0 Å². The third-order valence-electron chi connectivity index (χ3n) is 16.6. The van der Waals surface area contributed by atoms with Crippen LogP contribution in [-0.4, -0.2) is 79.3 Å². The average molecular weight is 655 g/mol. The molecule has 2 aliphatic heterocycles. The molecule has 8 aliphatic rings. The monoisotopic (exact) mass is 654 g/mol. The van der Waals surface area contributed by atoms with Crippen molar-refractivity contribution in [1.82, 2.24) is 10.2 Å². The van der Waals surface area contributed by atoms with Crippen LogP contribution in [0.25, 0.3) is 0 Å². The molecule has 11 unspecified atom stereocenters. The highest BCUT2D eigenvalue weighted by atomic mass is 16.7. The Morgan fingerprint density at radius 2 is 1.74 bits per heavy atom. The second-order valence-electron chi connectivity index (χ2n) is 18.8. The van der Waals surface area contributed by atoms with E-state index in [1.54, 1.807) is 7.05 Å². The third-order valence-corrected chi connectivity index (χ3v) is 16.6. The highest BCUT2D eigenvalue weighted by Crippen LogP contribution is 2.89. The minimum Gasteiger partial charge on any atom is -0.390 e. The summed E-state index contributed by atoms with van der Waals surface area (Å²) in [6, 6.07) is 0. The van der Waals surface area contributed by atoms with Gasteiger partial charge in [-0.3, -0.25) is 9.59 Å². The average Bonchev–Trinajstić information content (AvgIpc) is 3.96. The Balaban J connectivity index is 0.987. The summed E-state index contributed by atoms with van der Waals surface area (Å²) >= 11 is 0. The molecular formula is C39H62N2O6. The number of fused-ring (bicyclic) bond motifs is 4. The van der Waals surface area contributed by atoms with E-state index in [0.29, 0.717) is 73.0 Å². The van der Waals surface area contributed by atoms with Gasteiger partial charge in [-0.2, -0.15) is 0 Å². The van der Waals surface area contributed by atoms with Gasteiger partial charge in [0.25, 0.3) is 0 Å². The lowest BCUT2D eigenvalue weighted by Gasteiger charge is -2.64. The molecule has 2 saturated heterocycles. The molecule has 0 aromatic rings. The fourth-order valence-corrected chi connectivity index (χ4v) is 14.0. The number of aliphatic hydroxyl groups excluding tert-OH is 1.